The lowest BCUT2D eigenvalue weighted by Gasteiger charge is -2.25. The van der Waals surface area contributed by atoms with Crippen LogP contribution in [0.3, 0.4) is 0 Å². The minimum Gasteiger partial charge on any atom is -0.383 e. The molecule has 1 heterocycles. The summed E-state index contributed by atoms with van der Waals surface area (Å²) in [5.74, 6) is -0.224. The molecule has 0 bridgehead atoms. The minimum atomic E-state index is -3.85. The SMILES string of the molecule is CCN(C(=O)c1cc(S(N)(=O)=O)cn1CCOC)C(C)C. The van der Waals surface area contributed by atoms with Gasteiger partial charge in [-0.05, 0) is 26.8 Å². The number of amides is 1. The van der Waals surface area contributed by atoms with Gasteiger partial charge >= 0.3 is 0 Å². The van der Waals surface area contributed by atoms with E-state index in [1.165, 1.54) is 19.4 Å². The molecule has 7 nitrogen and oxygen atoms in total. The molecule has 0 aliphatic heterocycles. The number of ether oxygens (including phenoxy) is 1. The van der Waals surface area contributed by atoms with Crippen LogP contribution in [0.1, 0.15) is 31.3 Å². The lowest BCUT2D eigenvalue weighted by Crippen LogP contribution is -2.37. The van der Waals surface area contributed by atoms with E-state index in [0.717, 1.165) is 0 Å². The number of nitrogens with two attached hydrogens (primary N) is 1. The Morgan fingerprint density at radius 3 is 2.52 bits per heavy atom. The van der Waals surface area contributed by atoms with E-state index >= 15 is 0 Å². The summed E-state index contributed by atoms with van der Waals surface area (Å²) in [5, 5.41) is 5.14. The van der Waals surface area contributed by atoms with Crippen molar-refractivity contribution in [2.24, 2.45) is 5.14 Å². The first-order valence-corrected chi connectivity index (χ1v) is 8.29. The Kier molecular flexibility index (Phi) is 5.94. The van der Waals surface area contributed by atoms with Crippen molar-refractivity contribution >= 4 is 15.9 Å². The van der Waals surface area contributed by atoms with Gasteiger partial charge in [0.25, 0.3) is 5.91 Å². The molecule has 120 valence electrons. The molecule has 0 atom stereocenters. The molecule has 0 radical (unpaired) electrons. The van der Waals surface area contributed by atoms with Gasteiger partial charge in [-0.15, -0.1) is 0 Å². The number of sulfonamides is 1. The summed E-state index contributed by atoms with van der Waals surface area (Å²) in [4.78, 5) is 14.2. The van der Waals surface area contributed by atoms with Gasteiger partial charge in [0, 0.05) is 32.4 Å². The van der Waals surface area contributed by atoms with Gasteiger partial charge in [-0.1, -0.05) is 0 Å². The normalized spacial score (nSPS) is 11.9. The standard InChI is InChI=1S/C13H23N3O4S/c1-5-16(10(2)3)13(17)12-8-11(21(14,18)19)9-15(12)6-7-20-4/h8-10H,5-7H2,1-4H3,(H2,14,18,19). The number of rotatable bonds is 7. The largest absolute Gasteiger partial charge is 0.383 e. The molecule has 8 heteroatoms. The second-order valence-corrected chi connectivity index (χ2v) is 6.54. The first kappa shape index (κ1) is 17.7. The number of hydrogen-bond donors (Lipinski definition) is 1. The summed E-state index contributed by atoms with van der Waals surface area (Å²) in [7, 11) is -2.31. The highest BCUT2D eigenvalue weighted by atomic mass is 32.2. The van der Waals surface area contributed by atoms with Gasteiger partial charge in [0.1, 0.15) is 10.6 Å². The predicted octanol–water partition coefficient (Wildman–Crippen LogP) is 0.652. The summed E-state index contributed by atoms with van der Waals surface area (Å²) in [5.41, 5.74) is 0.298. The molecule has 0 aliphatic rings. The maximum absolute atomic E-state index is 12.6. The molecule has 1 amide bonds. The van der Waals surface area contributed by atoms with E-state index in [1.54, 1.807) is 9.47 Å². The highest BCUT2D eigenvalue weighted by Crippen LogP contribution is 2.16. The van der Waals surface area contributed by atoms with E-state index < -0.39 is 10.0 Å². The lowest BCUT2D eigenvalue weighted by atomic mass is 10.2. The van der Waals surface area contributed by atoms with Crippen molar-refractivity contribution < 1.29 is 17.9 Å². The second-order valence-electron chi connectivity index (χ2n) is 4.98. The van der Waals surface area contributed by atoms with Crippen LogP contribution in [-0.4, -0.2) is 50.1 Å². The number of carbonyl (C=O) groups excluding carboxylic acids is 1. The second kappa shape index (κ2) is 7.06. The third kappa shape index (κ3) is 4.29. The van der Waals surface area contributed by atoms with Crippen LogP contribution in [0.25, 0.3) is 0 Å². The fourth-order valence-corrected chi connectivity index (χ4v) is 2.63. The van der Waals surface area contributed by atoms with Gasteiger partial charge in [-0.25, -0.2) is 13.6 Å². The fraction of sp³-hybridized carbons (Fsp3) is 0.615. The molecule has 1 rings (SSSR count). The van der Waals surface area contributed by atoms with Crippen molar-refractivity contribution in [1.82, 2.24) is 9.47 Å². The van der Waals surface area contributed by atoms with Crippen LogP contribution in [0, 0.1) is 0 Å². The molecule has 2 N–H and O–H groups in total. The van der Waals surface area contributed by atoms with Crippen LogP contribution in [0.4, 0.5) is 0 Å². The number of aromatic nitrogens is 1. The zero-order valence-electron chi connectivity index (χ0n) is 12.9. The van der Waals surface area contributed by atoms with Gasteiger partial charge in [-0.2, -0.15) is 0 Å². The molecule has 0 saturated heterocycles. The van der Waals surface area contributed by atoms with Crippen LogP contribution in [-0.2, 0) is 21.3 Å². The first-order chi connectivity index (χ1) is 9.72. The van der Waals surface area contributed by atoms with Gasteiger partial charge in [-0.3, -0.25) is 4.79 Å². The van der Waals surface area contributed by atoms with Gasteiger partial charge in [0.15, 0.2) is 0 Å². The van der Waals surface area contributed by atoms with Crippen LogP contribution in [0.2, 0.25) is 0 Å². The van der Waals surface area contributed by atoms with E-state index in [4.69, 9.17) is 9.88 Å². The summed E-state index contributed by atoms with van der Waals surface area (Å²) < 4.78 is 29.5. The predicted molar refractivity (Wildman–Crippen MR) is 79.5 cm³/mol. The quantitative estimate of drug-likeness (QED) is 0.799. The maximum atomic E-state index is 12.6. The highest BCUT2D eigenvalue weighted by Gasteiger charge is 2.23. The van der Waals surface area contributed by atoms with Crippen LogP contribution in [0.5, 0.6) is 0 Å². The van der Waals surface area contributed by atoms with Crippen molar-refractivity contribution in [3.05, 3.63) is 18.0 Å². The molecule has 21 heavy (non-hydrogen) atoms. The first-order valence-electron chi connectivity index (χ1n) is 6.75. The molecule has 0 saturated carbocycles. The van der Waals surface area contributed by atoms with Crippen molar-refractivity contribution in [2.75, 3.05) is 20.3 Å². The molecular weight excluding hydrogens is 294 g/mol. The number of methoxy groups -OCH3 is 1. The van der Waals surface area contributed by atoms with Gasteiger partial charge < -0.3 is 14.2 Å². The van der Waals surface area contributed by atoms with E-state index in [2.05, 4.69) is 0 Å². The molecule has 0 unspecified atom stereocenters. The maximum Gasteiger partial charge on any atom is 0.270 e. The van der Waals surface area contributed by atoms with E-state index in [9.17, 15) is 13.2 Å². The number of hydrogen-bond acceptors (Lipinski definition) is 4. The Labute approximate surface area is 125 Å². The fourth-order valence-electron chi connectivity index (χ4n) is 2.08. The van der Waals surface area contributed by atoms with Crippen molar-refractivity contribution in [3.8, 4) is 0 Å². The Hall–Kier alpha value is -1.38. The molecule has 1 aromatic heterocycles. The monoisotopic (exact) mass is 317 g/mol. The lowest BCUT2D eigenvalue weighted by molar-refractivity contribution is 0.0703. The number of nitrogens with zero attached hydrogens (tertiary/aromatic N) is 2. The van der Waals surface area contributed by atoms with E-state index in [0.29, 0.717) is 25.4 Å². The summed E-state index contributed by atoms with van der Waals surface area (Å²) in [6.45, 7) is 6.97. The van der Waals surface area contributed by atoms with Crippen molar-refractivity contribution in [2.45, 2.75) is 38.3 Å². The zero-order chi connectivity index (χ0) is 16.2. The molecule has 0 aliphatic carbocycles. The molecule has 0 aromatic carbocycles. The van der Waals surface area contributed by atoms with Crippen molar-refractivity contribution in [3.63, 3.8) is 0 Å². The van der Waals surface area contributed by atoms with Gasteiger partial charge in [0.05, 0.1) is 6.61 Å². The zero-order valence-corrected chi connectivity index (χ0v) is 13.7. The summed E-state index contributed by atoms with van der Waals surface area (Å²) in [6, 6.07) is 1.34. The Balaban J connectivity index is 3.25. The van der Waals surface area contributed by atoms with E-state index in [1.807, 2.05) is 20.8 Å². The molecule has 0 spiro atoms. The molecule has 0 fully saturated rings. The highest BCUT2D eigenvalue weighted by molar-refractivity contribution is 7.89. The molecular formula is C13H23N3O4S. The third-order valence-corrected chi connectivity index (χ3v) is 4.06. The van der Waals surface area contributed by atoms with Gasteiger partial charge in [0.2, 0.25) is 10.0 Å². The Bertz CT molecular complexity index is 593. The average molecular weight is 317 g/mol. The Morgan fingerprint density at radius 2 is 2.10 bits per heavy atom. The van der Waals surface area contributed by atoms with Crippen molar-refractivity contribution in [1.29, 1.82) is 0 Å². The summed E-state index contributed by atoms with van der Waals surface area (Å²) in [6.07, 6.45) is 1.37. The Morgan fingerprint density at radius 1 is 1.48 bits per heavy atom. The molecule has 1 aromatic rings. The van der Waals surface area contributed by atoms with Crippen LogP contribution in [0.15, 0.2) is 17.2 Å². The van der Waals surface area contributed by atoms with Crippen LogP contribution >= 0.6 is 0 Å². The number of carbonyl (C=O) groups is 1. The topological polar surface area (TPSA) is 94.6 Å². The minimum absolute atomic E-state index is 0.0196. The smallest absolute Gasteiger partial charge is 0.270 e. The summed E-state index contributed by atoms with van der Waals surface area (Å²) >= 11 is 0. The van der Waals surface area contributed by atoms with E-state index in [-0.39, 0.29) is 16.8 Å². The third-order valence-electron chi connectivity index (χ3n) is 3.18. The average Bonchev–Trinajstić information content (AvgIpc) is 2.80. The van der Waals surface area contributed by atoms with Crippen LogP contribution < -0.4 is 5.14 Å². The number of primary sulfonamides is 1.